The van der Waals surface area contributed by atoms with Crippen molar-refractivity contribution in [3.63, 3.8) is 0 Å². The van der Waals surface area contributed by atoms with Crippen molar-refractivity contribution in [3.05, 3.63) is 34.9 Å². The Kier molecular flexibility index (Phi) is 10.4. The van der Waals surface area contributed by atoms with Crippen molar-refractivity contribution in [2.45, 2.75) is 111 Å². The second-order valence-corrected chi connectivity index (χ2v) is 13.8. The number of carbonyl (C=O) groups excluding carboxylic acids is 2. The van der Waals surface area contributed by atoms with E-state index in [0.717, 1.165) is 30.4 Å². The predicted molar refractivity (Wildman–Crippen MR) is 156 cm³/mol. The summed E-state index contributed by atoms with van der Waals surface area (Å²) >= 11 is 0. The van der Waals surface area contributed by atoms with Crippen LogP contribution in [0.15, 0.2) is 18.2 Å². The van der Waals surface area contributed by atoms with Crippen LogP contribution in [0.4, 0.5) is 4.79 Å². The molecular weight excluding hydrogens is 558 g/mol. The number of aliphatic carboxylic acids is 1. The van der Waals surface area contributed by atoms with Crippen molar-refractivity contribution in [2.24, 2.45) is 10.8 Å². The molecule has 0 aromatic heterocycles. The number of ether oxygens (including phenoxy) is 3. The first-order valence-corrected chi connectivity index (χ1v) is 15.1. The number of nitrogens with zero attached hydrogens (tertiary/aromatic N) is 2. The first-order chi connectivity index (χ1) is 20.1. The van der Waals surface area contributed by atoms with Crippen molar-refractivity contribution >= 4 is 18.0 Å². The molecule has 3 aliphatic heterocycles. The van der Waals surface area contributed by atoms with Gasteiger partial charge in [0, 0.05) is 26.1 Å². The number of amides is 1. The molecule has 7 atom stereocenters. The Hall–Kier alpha value is -2.77. The van der Waals surface area contributed by atoms with E-state index in [1.54, 1.807) is 17.0 Å². The monoisotopic (exact) mass is 605 g/mol. The number of nitrogens with one attached hydrogen (secondary N) is 1. The summed E-state index contributed by atoms with van der Waals surface area (Å²) in [5.41, 5.74) is 1.33. The number of alkyl carbamates (subject to hydrolysis) is 1. The van der Waals surface area contributed by atoms with Crippen molar-refractivity contribution in [1.29, 1.82) is 0 Å². The summed E-state index contributed by atoms with van der Waals surface area (Å²) in [4.78, 5) is 40.9. The Morgan fingerprint density at radius 2 is 1.77 bits per heavy atom. The maximum Gasteiger partial charge on any atom is 0.407 e. The summed E-state index contributed by atoms with van der Waals surface area (Å²) < 4.78 is 17.0. The molecule has 240 valence electrons. The average molecular weight is 606 g/mol. The fourth-order valence-electron chi connectivity index (χ4n) is 5.98. The fraction of sp³-hybridized carbons (Fsp3) is 0.710. The molecule has 5 bridgehead atoms. The number of aliphatic hydroxyl groups is 2. The quantitative estimate of drug-likeness (QED) is 0.349. The Balaban J connectivity index is 1.55. The van der Waals surface area contributed by atoms with E-state index in [0.29, 0.717) is 31.7 Å². The van der Waals surface area contributed by atoms with Crippen molar-refractivity contribution in [3.8, 4) is 0 Å². The van der Waals surface area contributed by atoms with Crippen LogP contribution >= 0.6 is 0 Å². The lowest BCUT2D eigenvalue weighted by molar-refractivity contribution is -0.219. The number of aliphatic hydroxyl groups excluding tert-OH is 2. The fourth-order valence-corrected chi connectivity index (χ4v) is 5.98. The zero-order chi connectivity index (χ0) is 31.5. The first-order valence-electron chi connectivity index (χ1n) is 15.1. The van der Waals surface area contributed by atoms with E-state index in [1.807, 2.05) is 40.7 Å². The van der Waals surface area contributed by atoms with Gasteiger partial charge >= 0.3 is 18.0 Å². The lowest BCUT2D eigenvalue weighted by Gasteiger charge is -2.40. The third kappa shape index (κ3) is 8.45. The van der Waals surface area contributed by atoms with Gasteiger partial charge in [0.2, 0.25) is 6.41 Å². The van der Waals surface area contributed by atoms with Gasteiger partial charge in [0.25, 0.3) is 0 Å². The Bertz CT molecular complexity index is 1170. The molecule has 1 saturated heterocycles. The molecule has 0 spiro atoms. The van der Waals surface area contributed by atoms with Gasteiger partial charge in [-0.25, -0.2) is 14.5 Å². The number of esters is 1. The number of hydrogen-bond acceptors (Lipinski definition) is 10. The number of fused-ring (bicyclic) bond motifs is 4. The summed E-state index contributed by atoms with van der Waals surface area (Å²) in [7, 11) is 0. The molecular formula is C31H47N3O9. The number of cyclic esters (lactones) is 2. The second kappa shape index (κ2) is 13.5. The van der Waals surface area contributed by atoms with E-state index in [9.17, 15) is 29.7 Å². The molecule has 4 rings (SSSR count). The number of carboxylic acid groups (broad SMARTS) is 1. The largest absolute Gasteiger partial charge is 0.480 e. The number of benzene rings is 1. The van der Waals surface area contributed by atoms with Gasteiger partial charge in [0.1, 0.15) is 12.3 Å². The smallest absolute Gasteiger partial charge is 0.407 e. The highest BCUT2D eigenvalue weighted by atomic mass is 16.6. The topological polar surface area (TPSA) is 158 Å². The third-order valence-electron chi connectivity index (χ3n) is 8.57. The van der Waals surface area contributed by atoms with Crippen LogP contribution < -0.4 is 5.32 Å². The molecule has 43 heavy (non-hydrogen) atoms. The molecule has 12 nitrogen and oxygen atoms in total. The molecule has 1 aromatic carbocycles. The summed E-state index contributed by atoms with van der Waals surface area (Å²) in [5, 5.41) is 35.2. The third-order valence-corrected chi connectivity index (χ3v) is 8.57. The summed E-state index contributed by atoms with van der Waals surface area (Å²) in [6.07, 6.45) is -0.821. The van der Waals surface area contributed by atoms with Gasteiger partial charge in [-0.3, -0.25) is 9.69 Å². The van der Waals surface area contributed by atoms with Crippen LogP contribution in [0.1, 0.15) is 88.2 Å². The molecule has 12 heteroatoms. The minimum absolute atomic E-state index is 0.0301. The van der Waals surface area contributed by atoms with Crippen LogP contribution in [0.25, 0.3) is 0 Å². The SMILES string of the molecule is CC1(C)CCCCCOC(=O)c2ccc3c(c2)CN(C3)C(O)OC2CC(C(=O)O)N(C2)C(O)C(C(C)(C)C)NC(=O)OC1. The van der Waals surface area contributed by atoms with Gasteiger partial charge in [0.05, 0.1) is 30.9 Å². The molecule has 1 fully saturated rings. The van der Waals surface area contributed by atoms with Crippen molar-refractivity contribution in [2.75, 3.05) is 19.8 Å². The zero-order valence-corrected chi connectivity index (χ0v) is 25.9. The van der Waals surface area contributed by atoms with Crippen molar-refractivity contribution in [1.82, 2.24) is 15.1 Å². The lowest BCUT2D eigenvalue weighted by Crippen LogP contribution is -2.59. The van der Waals surface area contributed by atoms with Crippen LogP contribution in [0.2, 0.25) is 0 Å². The maximum absolute atomic E-state index is 12.9. The number of rotatable bonds is 1. The van der Waals surface area contributed by atoms with Crippen LogP contribution in [0.5, 0.6) is 0 Å². The normalized spacial score (nSPS) is 32.8. The van der Waals surface area contributed by atoms with E-state index in [1.165, 1.54) is 4.90 Å². The Labute approximate surface area is 253 Å². The summed E-state index contributed by atoms with van der Waals surface area (Å²) in [5.74, 6) is -1.54. The molecule has 0 aliphatic carbocycles. The van der Waals surface area contributed by atoms with Gasteiger partial charge < -0.3 is 34.8 Å². The van der Waals surface area contributed by atoms with Crippen LogP contribution in [-0.4, -0.2) is 93.7 Å². The van der Waals surface area contributed by atoms with Gasteiger partial charge in [-0.15, -0.1) is 0 Å². The lowest BCUT2D eigenvalue weighted by atomic mass is 9.85. The molecule has 7 unspecified atom stereocenters. The van der Waals surface area contributed by atoms with E-state index in [2.05, 4.69) is 5.32 Å². The number of hydrogen-bond donors (Lipinski definition) is 4. The molecule has 3 aliphatic rings. The zero-order valence-electron chi connectivity index (χ0n) is 25.9. The molecule has 1 amide bonds. The van der Waals surface area contributed by atoms with Crippen LogP contribution in [0, 0.1) is 10.8 Å². The maximum atomic E-state index is 12.9. The summed E-state index contributed by atoms with van der Waals surface area (Å²) in [6.45, 7) is 10.8. The van der Waals surface area contributed by atoms with Gasteiger partial charge in [0.15, 0.2) is 0 Å². The predicted octanol–water partition coefficient (Wildman–Crippen LogP) is 3.04. The molecule has 0 radical (unpaired) electrons. The first kappa shape index (κ1) is 33.1. The Morgan fingerprint density at radius 3 is 2.47 bits per heavy atom. The van der Waals surface area contributed by atoms with Gasteiger partial charge in [-0.1, -0.05) is 53.5 Å². The van der Waals surface area contributed by atoms with Crippen LogP contribution in [-0.2, 0) is 32.1 Å². The second-order valence-electron chi connectivity index (χ2n) is 13.8. The highest BCUT2D eigenvalue weighted by Gasteiger charge is 2.47. The molecule has 0 saturated carbocycles. The minimum Gasteiger partial charge on any atom is -0.480 e. The molecule has 3 heterocycles. The Morgan fingerprint density at radius 1 is 1.05 bits per heavy atom. The number of carboxylic acids is 1. The number of carbonyl (C=O) groups is 3. The van der Waals surface area contributed by atoms with Gasteiger partial charge in [-0.2, -0.15) is 0 Å². The molecule has 4 N–H and O–H groups in total. The summed E-state index contributed by atoms with van der Waals surface area (Å²) in [6, 6.07) is 3.40. The van der Waals surface area contributed by atoms with Gasteiger partial charge in [-0.05, 0) is 46.9 Å². The standard InChI is InChI=1S/C31H47N3O9/c1-30(2,3)24-25(35)34-17-22(14-23(34)26(36)37)43-29(40)33-15-20-10-9-19(13-21(20)16-33)27(38)41-12-8-6-7-11-31(4,5)18-42-28(39)32-24/h9-10,13,22-25,29,35,40H,6-8,11-12,14-18H2,1-5H3,(H,32,39)(H,36,37). The van der Waals surface area contributed by atoms with E-state index in [-0.39, 0.29) is 25.0 Å². The van der Waals surface area contributed by atoms with E-state index in [4.69, 9.17) is 14.2 Å². The highest BCUT2D eigenvalue weighted by molar-refractivity contribution is 5.89. The minimum atomic E-state index is -1.35. The van der Waals surface area contributed by atoms with E-state index >= 15 is 0 Å². The highest BCUT2D eigenvalue weighted by Crippen LogP contribution is 2.32. The van der Waals surface area contributed by atoms with Crippen molar-refractivity contribution < 1.29 is 43.9 Å². The van der Waals surface area contributed by atoms with Crippen LogP contribution in [0.3, 0.4) is 0 Å². The van der Waals surface area contributed by atoms with E-state index < -0.39 is 54.3 Å². The average Bonchev–Trinajstić information content (AvgIpc) is 3.55. The molecule has 1 aromatic rings.